The fraction of sp³-hybridized carbons (Fsp3) is 0.571. The van der Waals surface area contributed by atoms with E-state index in [1.807, 2.05) is 12.1 Å². The third-order valence-electron chi connectivity index (χ3n) is 3.10. The Hall–Kier alpha value is -0.570. The van der Waals surface area contributed by atoms with Crippen molar-refractivity contribution in [2.24, 2.45) is 0 Å². The average Bonchev–Trinajstić information content (AvgIpc) is 2.29. The first kappa shape index (κ1) is 14.5. The number of hydrogen-bond donors (Lipinski definition) is 1. The minimum absolute atomic E-state index is 0.0628. The van der Waals surface area contributed by atoms with E-state index in [0.717, 1.165) is 18.0 Å². The van der Waals surface area contributed by atoms with Crippen molar-refractivity contribution in [1.82, 2.24) is 5.32 Å². The monoisotopic (exact) mass is 255 g/mol. The summed E-state index contributed by atoms with van der Waals surface area (Å²) in [6.45, 7) is 7.29. The van der Waals surface area contributed by atoms with Crippen LogP contribution < -0.4 is 5.32 Å². The Morgan fingerprint density at radius 1 is 1.29 bits per heavy atom. The van der Waals surface area contributed by atoms with Gasteiger partial charge >= 0.3 is 0 Å². The molecule has 0 saturated heterocycles. The quantitative estimate of drug-likeness (QED) is 0.835. The summed E-state index contributed by atoms with van der Waals surface area (Å²) >= 11 is 5.86. The topological polar surface area (TPSA) is 21.3 Å². The lowest BCUT2D eigenvalue weighted by molar-refractivity contribution is 0.0154. The van der Waals surface area contributed by atoms with Gasteiger partial charge in [-0.1, -0.05) is 23.7 Å². The number of halogens is 1. The minimum atomic E-state index is -0.0628. The Kier molecular flexibility index (Phi) is 5.44. The van der Waals surface area contributed by atoms with Gasteiger partial charge in [-0.3, -0.25) is 0 Å². The Labute approximate surface area is 109 Å². The molecule has 1 aromatic rings. The zero-order valence-corrected chi connectivity index (χ0v) is 11.8. The summed E-state index contributed by atoms with van der Waals surface area (Å²) in [6, 6.07) is 8.30. The highest BCUT2D eigenvalue weighted by Gasteiger charge is 2.16. The van der Waals surface area contributed by atoms with Crippen LogP contribution in [0, 0.1) is 0 Å². The van der Waals surface area contributed by atoms with E-state index in [4.69, 9.17) is 16.3 Å². The molecule has 0 amide bonds. The van der Waals surface area contributed by atoms with E-state index in [0.29, 0.717) is 6.04 Å². The van der Waals surface area contributed by atoms with Crippen LogP contribution in [0.25, 0.3) is 0 Å². The molecule has 2 nitrogen and oxygen atoms in total. The van der Waals surface area contributed by atoms with Crippen molar-refractivity contribution >= 4 is 11.6 Å². The van der Waals surface area contributed by atoms with E-state index in [1.165, 1.54) is 5.56 Å². The number of hydrogen-bond acceptors (Lipinski definition) is 2. The first-order chi connectivity index (χ1) is 7.94. The molecule has 0 bridgehead atoms. The SMILES string of the molecule is COC(C)(C)CCNC(C)c1ccc(Cl)cc1. The maximum atomic E-state index is 5.86. The van der Waals surface area contributed by atoms with Gasteiger partial charge in [0.2, 0.25) is 0 Å². The first-order valence-electron chi connectivity index (χ1n) is 5.98. The largest absolute Gasteiger partial charge is 0.379 e. The van der Waals surface area contributed by atoms with Crippen molar-refractivity contribution in [2.75, 3.05) is 13.7 Å². The van der Waals surface area contributed by atoms with Crippen LogP contribution in [0.3, 0.4) is 0 Å². The van der Waals surface area contributed by atoms with E-state index in [9.17, 15) is 0 Å². The van der Waals surface area contributed by atoms with Crippen LogP contribution in [-0.2, 0) is 4.74 Å². The van der Waals surface area contributed by atoms with Crippen LogP contribution in [-0.4, -0.2) is 19.3 Å². The van der Waals surface area contributed by atoms with Crippen molar-refractivity contribution in [2.45, 2.75) is 38.8 Å². The molecule has 1 unspecified atom stereocenters. The molecule has 0 aliphatic carbocycles. The Morgan fingerprint density at radius 3 is 2.41 bits per heavy atom. The highest BCUT2D eigenvalue weighted by Crippen LogP contribution is 2.17. The molecule has 0 heterocycles. The molecule has 17 heavy (non-hydrogen) atoms. The van der Waals surface area contributed by atoms with E-state index >= 15 is 0 Å². The second kappa shape index (κ2) is 6.39. The minimum Gasteiger partial charge on any atom is -0.379 e. The third kappa shape index (κ3) is 5.07. The summed E-state index contributed by atoms with van der Waals surface area (Å²) < 4.78 is 5.38. The summed E-state index contributed by atoms with van der Waals surface area (Å²) in [5.41, 5.74) is 1.19. The molecule has 1 aromatic carbocycles. The van der Waals surface area contributed by atoms with Crippen molar-refractivity contribution in [3.8, 4) is 0 Å². The maximum absolute atomic E-state index is 5.86. The summed E-state index contributed by atoms with van der Waals surface area (Å²) in [7, 11) is 1.75. The molecule has 1 atom stereocenters. The second-order valence-electron chi connectivity index (χ2n) is 4.94. The average molecular weight is 256 g/mol. The molecule has 0 aromatic heterocycles. The highest BCUT2D eigenvalue weighted by molar-refractivity contribution is 6.30. The van der Waals surface area contributed by atoms with Gasteiger partial charge < -0.3 is 10.1 Å². The van der Waals surface area contributed by atoms with Crippen LogP contribution in [0.15, 0.2) is 24.3 Å². The van der Waals surface area contributed by atoms with Gasteiger partial charge in [-0.25, -0.2) is 0 Å². The van der Waals surface area contributed by atoms with Gasteiger partial charge in [-0.2, -0.15) is 0 Å². The fourth-order valence-electron chi connectivity index (χ4n) is 1.56. The molecule has 0 fully saturated rings. The standard InChI is InChI=1S/C14H22ClNO/c1-11(12-5-7-13(15)8-6-12)16-10-9-14(2,3)17-4/h5-8,11,16H,9-10H2,1-4H3. The summed E-state index contributed by atoms with van der Waals surface area (Å²) in [4.78, 5) is 0. The normalized spacial score (nSPS) is 13.7. The van der Waals surface area contributed by atoms with Gasteiger partial charge in [0.05, 0.1) is 5.60 Å². The Morgan fingerprint density at radius 2 is 1.88 bits per heavy atom. The molecule has 0 aliphatic heterocycles. The number of benzene rings is 1. The number of ether oxygens (including phenoxy) is 1. The van der Waals surface area contributed by atoms with Crippen LogP contribution in [0.4, 0.5) is 0 Å². The predicted octanol–water partition coefficient (Wildman–Crippen LogP) is 3.81. The van der Waals surface area contributed by atoms with Gasteiger partial charge in [0, 0.05) is 18.2 Å². The molecule has 0 aliphatic rings. The molecule has 1 rings (SSSR count). The van der Waals surface area contributed by atoms with Gasteiger partial charge in [-0.15, -0.1) is 0 Å². The van der Waals surface area contributed by atoms with Gasteiger partial charge in [-0.05, 0) is 51.4 Å². The van der Waals surface area contributed by atoms with Crippen molar-refractivity contribution in [3.63, 3.8) is 0 Å². The first-order valence-corrected chi connectivity index (χ1v) is 6.36. The van der Waals surface area contributed by atoms with E-state index in [2.05, 4.69) is 38.2 Å². The fourth-order valence-corrected chi connectivity index (χ4v) is 1.69. The van der Waals surface area contributed by atoms with E-state index < -0.39 is 0 Å². The molecule has 0 spiro atoms. The van der Waals surface area contributed by atoms with Crippen molar-refractivity contribution in [1.29, 1.82) is 0 Å². The lowest BCUT2D eigenvalue weighted by Gasteiger charge is -2.24. The third-order valence-corrected chi connectivity index (χ3v) is 3.35. The van der Waals surface area contributed by atoms with Crippen molar-refractivity contribution < 1.29 is 4.74 Å². The number of nitrogens with one attached hydrogen (secondary N) is 1. The van der Waals surface area contributed by atoms with Crippen molar-refractivity contribution in [3.05, 3.63) is 34.9 Å². The molecule has 0 radical (unpaired) electrons. The lowest BCUT2D eigenvalue weighted by Crippen LogP contribution is -2.30. The molecular formula is C14H22ClNO. The molecule has 3 heteroatoms. The zero-order valence-electron chi connectivity index (χ0n) is 11.1. The van der Waals surface area contributed by atoms with Gasteiger partial charge in [0.25, 0.3) is 0 Å². The maximum Gasteiger partial charge on any atom is 0.0634 e. The smallest absolute Gasteiger partial charge is 0.0634 e. The Balaban J connectivity index is 2.40. The summed E-state index contributed by atoms with van der Waals surface area (Å²) in [6.07, 6.45) is 0.988. The Bertz CT molecular complexity index is 335. The lowest BCUT2D eigenvalue weighted by atomic mass is 10.0. The van der Waals surface area contributed by atoms with E-state index in [1.54, 1.807) is 7.11 Å². The number of methoxy groups -OCH3 is 1. The van der Waals surface area contributed by atoms with Crippen LogP contribution in [0.1, 0.15) is 38.8 Å². The van der Waals surface area contributed by atoms with Gasteiger partial charge in [0.15, 0.2) is 0 Å². The second-order valence-corrected chi connectivity index (χ2v) is 5.38. The highest BCUT2D eigenvalue weighted by atomic mass is 35.5. The summed E-state index contributed by atoms with van der Waals surface area (Å²) in [5, 5.41) is 4.26. The number of rotatable bonds is 6. The van der Waals surface area contributed by atoms with E-state index in [-0.39, 0.29) is 5.60 Å². The van der Waals surface area contributed by atoms with Crippen LogP contribution in [0.5, 0.6) is 0 Å². The molecule has 96 valence electrons. The van der Waals surface area contributed by atoms with Crippen LogP contribution >= 0.6 is 11.6 Å². The molecule has 1 N–H and O–H groups in total. The molecule has 0 saturated carbocycles. The molecular weight excluding hydrogens is 234 g/mol. The van der Waals surface area contributed by atoms with Crippen LogP contribution in [0.2, 0.25) is 5.02 Å². The van der Waals surface area contributed by atoms with Gasteiger partial charge in [0.1, 0.15) is 0 Å². The summed E-state index contributed by atoms with van der Waals surface area (Å²) in [5.74, 6) is 0. The predicted molar refractivity (Wildman–Crippen MR) is 73.6 cm³/mol. The zero-order chi connectivity index (χ0) is 12.9.